The van der Waals surface area contributed by atoms with Gasteiger partial charge in [-0.2, -0.15) is 0 Å². The molecule has 1 aliphatic rings. The fraction of sp³-hybridized carbons (Fsp3) is 0.440. The quantitative estimate of drug-likeness (QED) is 0.570. The van der Waals surface area contributed by atoms with Gasteiger partial charge in [-0.15, -0.1) is 0 Å². The molecule has 3 aromatic rings. The third-order valence-electron chi connectivity index (χ3n) is 5.12. The highest BCUT2D eigenvalue weighted by molar-refractivity contribution is 5.82. The smallest absolute Gasteiger partial charge is 0.312 e. The molecule has 0 aliphatic carbocycles. The van der Waals surface area contributed by atoms with Gasteiger partial charge in [0.05, 0.1) is 41.2 Å². The summed E-state index contributed by atoms with van der Waals surface area (Å²) in [7, 11) is 0. The maximum absolute atomic E-state index is 12.2. The number of esters is 1. The molecule has 0 saturated carbocycles. The molecule has 1 aliphatic heterocycles. The maximum Gasteiger partial charge on any atom is 0.312 e. The van der Waals surface area contributed by atoms with Crippen molar-refractivity contribution in [2.45, 2.75) is 58.8 Å². The van der Waals surface area contributed by atoms with Crippen molar-refractivity contribution >= 4 is 22.7 Å². The number of aromatic nitrogens is 3. The molecular weight excluding hydrogens is 404 g/mol. The molecule has 1 saturated heterocycles. The van der Waals surface area contributed by atoms with Gasteiger partial charge < -0.3 is 14.4 Å². The van der Waals surface area contributed by atoms with Crippen molar-refractivity contribution in [3.63, 3.8) is 0 Å². The second-order valence-corrected chi connectivity index (χ2v) is 9.37. The summed E-state index contributed by atoms with van der Waals surface area (Å²) in [5.41, 5.74) is 2.47. The topological polar surface area (TPSA) is 77.4 Å². The number of nitrogens with zero attached hydrogens (tertiary/aromatic N) is 4. The van der Waals surface area contributed by atoms with Gasteiger partial charge in [0, 0.05) is 24.7 Å². The third kappa shape index (κ3) is 5.40. The van der Waals surface area contributed by atoms with Crippen LogP contribution in [0.3, 0.4) is 0 Å². The van der Waals surface area contributed by atoms with E-state index in [9.17, 15) is 4.79 Å². The molecule has 4 heterocycles. The van der Waals surface area contributed by atoms with E-state index in [4.69, 9.17) is 19.4 Å². The van der Waals surface area contributed by atoms with E-state index < -0.39 is 5.60 Å². The average molecular weight is 435 g/mol. The Morgan fingerprint density at radius 3 is 2.53 bits per heavy atom. The lowest BCUT2D eigenvalue weighted by molar-refractivity contribution is -0.153. The van der Waals surface area contributed by atoms with Gasteiger partial charge in [0.2, 0.25) is 0 Å². The largest absolute Gasteiger partial charge is 0.460 e. The SMILES string of the molecule is C[C@@H]1CN(c2cccc(-c3ccc4cnc(CC(=O)OC(C)(C)C)cc4n3)n2)C[C@H](C)O1. The summed E-state index contributed by atoms with van der Waals surface area (Å²) in [6.45, 7) is 11.3. The monoisotopic (exact) mass is 434 g/mol. The van der Waals surface area contributed by atoms with Crippen molar-refractivity contribution in [2.75, 3.05) is 18.0 Å². The molecular formula is C25H30N4O3. The maximum atomic E-state index is 12.2. The van der Waals surface area contributed by atoms with E-state index in [2.05, 4.69) is 23.7 Å². The summed E-state index contributed by atoms with van der Waals surface area (Å²) >= 11 is 0. The second kappa shape index (κ2) is 8.82. The minimum absolute atomic E-state index is 0.111. The first-order chi connectivity index (χ1) is 15.2. The third-order valence-corrected chi connectivity index (χ3v) is 5.12. The molecule has 7 nitrogen and oxygen atoms in total. The van der Waals surface area contributed by atoms with Crippen LogP contribution < -0.4 is 4.90 Å². The molecule has 0 amide bonds. The average Bonchev–Trinajstić information content (AvgIpc) is 2.71. The normalized spacial score (nSPS) is 19.2. The van der Waals surface area contributed by atoms with Crippen LogP contribution in [-0.2, 0) is 20.7 Å². The van der Waals surface area contributed by atoms with Crippen LogP contribution >= 0.6 is 0 Å². The van der Waals surface area contributed by atoms with Crippen molar-refractivity contribution in [2.24, 2.45) is 0 Å². The van der Waals surface area contributed by atoms with Crippen LogP contribution in [0.15, 0.2) is 42.6 Å². The van der Waals surface area contributed by atoms with Gasteiger partial charge in [-0.05, 0) is 65.0 Å². The van der Waals surface area contributed by atoms with E-state index in [0.29, 0.717) is 5.69 Å². The van der Waals surface area contributed by atoms with Gasteiger partial charge in [-0.25, -0.2) is 9.97 Å². The molecule has 0 N–H and O–H groups in total. The van der Waals surface area contributed by atoms with Crippen molar-refractivity contribution in [1.82, 2.24) is 15.0 Å². The molecule has 3 aromatic heterocycles. The molecule has 0 unspecified atom stereocenters. The van der Waals surface area contributed by atoms with E-state index in [1.54, 1.807) is 6.20 Å². The number of morpholine rings is 1. The molecule has 32 heavy (non-hydrogen) atoms. The summed E-state index contributed by atoms with van der Waals surface area (Å²) in [4.78, 5) is 28.5. The zero-order chi connectivity index (χ0) is 22.9. The minimum atomic E-state index is -0.522. The summed E-state index contributed by atoms with van der Waals surface area (Å²) in [5, 5.41) is 0.911. The van der Waals surface area contributed by atoms with E-state index in [1.165, 1.54) is 0 Å². The highest BCUT2D eigenvalue weighted by atomic mass is 16.6. The minimum Gasteiger partial charge on any atom is -0.460 e. The van der Waals surface area contributed by atoms with Crippen LogP contribution in [0.2, 0.25) is 0 Å². The Bertz CT molecular complexity index is 1120. The number of carbonyl (C=O) groups excluding carboxylic acids is 1. The standard InChI is InChI=1S/C25H30N4O3/c1-16-14-29(15-17(2)31-16)23-8-6-7-20(28-23)21-10-9-18-13-26-19(11-22(18)27-21)12-24(30)32-25(3,4)5/h6-11,13,16-17H,12,14-15H2,1-5H3/t16-,17+. The Morgan fingerprint density at radius 1 is 1.09 bits per heavy atom. The highest BCUT2D eigenvalue weighted by Gasteiger charge is 2.23. The van der Waals surface area contributed by atoms with Crippen LogP contribution in [0.25, 0.3) is 22.3 Å². The molecule has 0 radical (unpaired) electrons. The first-order valence-corrected chi connectivity index (χ1v) is 11.0. The van der Waals surface area contributed by atoms with Crippen molar-refractivity contribution in [3.05, 3.63) is 48.3 Å². The van der Waals surface area contributed by atoms with E-state index >= 15 is 0 Å². The van der Waals surface area contributed by atoms with E-state index in [1.807, 2.05) is 57.2 Å². The van der Waals surface area contributed by atoms with Crippen LogP contribution in [0.1, 0.15) is 40.3 Å². The van der Waals surface area contributed by atoms with Gasteiger partial charge in [0.15, 0.2) is 0 Å². The number of hydrogen-bond donors (Lipinski definition) is 0. The van der Waals surface area contributed by atoms with Crippen molar-refractivity contribution in [3.8, 4) is 11.4 Å². The molecule has 168 valence electrons. The number of rotatable bonds is 4. The number of hydrogen-bond acceptors (Lipinski definition) is 7. The molecule has 0 spiro atoms. The molecule has 4 rings (SSSR count). The number of carbonyl (C=O) groups is 1. The lowest BCUT2D eigenvalue weighted by Crippen LogP contribution is -2.45. The lowest BCUT2D eigenvalue weighted by Gasteiger charge is -2.36. The van der Waals surface area contributed by atoms with Gasteiger partial charge >= 0.3 is 5.97 Å². The lowest BCUT2D eigenvalue weighted by atomic mass is 10.1. The van der Waals surface area contributed by atoms with Crippen molar-refractivity contribution < 1.29 is 14.3 Å². The zero-order valence-corrected chi connectivity index (χ0v) is 19.3. The predicted octanol–water partition coefficient (Wildman–Crippen LogP) is 4.19. The number of anilines is 1. The van der Waals surface area contributed by atoms with Gasteiger partial charge in [-0.1, -0.05) is 6.07 Å². The predicted molar refractivity (Wildman–Crippen MR) is 125 cm³/mol. The van der Waals surface area contributed by atoms with Crippen molar-refractivity contribution in [1.29, 1.82) is 0 Å². The summed E-state index contributed by atoms with van der Waals surface area (Å²) in [6, 6.07) is 11.8. The molecule has 2 atom stereocenters. The van der Waals surface area contributed by atoms with Gasteiger partial charge in [0.1, 0.15) is 11.4 Å². The van der Waals surface area contributed by atoms with Crippen LogP contribution in [0.5, 0.6) is 0 Å². The Hall–Kier alpha value is -3.06. The summed E-state index contributed by atoms with van der Waals surface area (Å²) in [6.07, 6.45) is 2.18. The Kier molecular flexibility index (Phi) is 6.11. The fourth-order valence-electron chi connectivity index (χ4n) is 3.93. The molecule has 1 fully saturated rings. The van der Waals surface area contributed by atoms with E-state index in [-0.39, 0.29) is 24.6 Å². The van der Waals surface area contributed by atoms with Crippen LogP contribution in [0.4, 0.5) is 5.82 Å². The van der Waals surface area contributed by atoms with Crippen LogP contribution in [0, 0.1) is 0 Å². The Labute approximate surface area is 188 Å². The summed E-state index contributed by atoms with van der Waals surface area (Å²) in [5.74, 6) is 0.621. The zero-order valence-electron chi connectivity index (χ0n) is 19.3. The van der Waals surface area contributed by atoms with Gasteiger partial charge in [0.25, 0.3) is 0 Å². The van der Waals surface area contributed by atoms with Gasteiger partial charge in [-0.3, -0.25) is 9.78 Å². The Morgan fingerprint density at radius 2 is 1.81 bits per heavy atom. The number of ether oxygens (including phenoxy) is 2. The molecule has 7 heteroatoms. The first kappa shape index (κ1) is 22.1. The van der Waals surface area contributed by atoms with E-state index in [0.717, 1.165) is 41.2 Å². The Balaban J connectivity index is 1.59. The van der Waals surface area contributed by atoms with Crippen LogP contribution in [-0.4, -0.2) is 51.8 Å². The second-order valence-electron chi connectivity index (χ2n) is 9.37. The summed E-state index contributed by atoms with van der Waals surface area (Å²) < 4.78 is 11.3. The molecule has 0 aromatic carbocycles. The molecule has 0 bridgehead atoms. The number of fused-ring (bicyclic) bond motifs is 1. The fourth-order valence-corrected chi connectivity index (χ4v) is 3.93. The number of pyridine rings is 3. The first-order valence-electron chi connectivity index (χ1n) is 11.0. The highest BCUT2D eigenvalue weighted by Crippen LogP contribution is 2.24.